The molecule has 1 saturated carbocycles. The van der Waals surface area contributed by atoms with Crippen molar-refractivity contribution in [3.05, 3.63) is 71.7 Å². The van der Waals surface area contributed by atoms with Gasteiger partial charge in [0.1, 0.15) is 11.4 Å². The molecule has 0 spiro atoms. The quantitative estimate of drug-likeness (QED) is 0.488. The van der Waals surface area contributed by atoms with Gasteiger partial charge in [-0.05, 0) is 42.2 Å². The lowest BCUT2D eigenvalue weighted by molar-refractivity contribution is 0.381. The Bertz CT molecular complexity index is 1320. The van der Waals surface area contributed by atoms with Gasteiger partial charge in [0.05, 0.1) is 18.7 Å². The molecular weight excluding hydrogens is 402 g/mol. The third-order valence-electron chi connectivity index (χ3n) is 6.47. The maximum absolute atomic E-state index is 5.31. The van der Waals surface area contributed by atoms with Crippen LogP contribution in [0.15, 0.2) is 59.8 Å². The van der Waals surface area contributed by atoms with Crippen molar-refractivity contribution in [2.75, 3.05) is 20.7 Å². The summed E-state index contributed by atoms with van der Waals surface area (Å²) < 4.78 is 7.12. The van der Waals surface area contributed by atoms with Crippen LogP contribution in [0.3, 0.4) is 0 Å². The van der Waals surface area contributed by atoms with Gasteiger partial charge in [-0.1, -0.05) is 30.3 Å². The lowest BCUT2D eigenvalue weighted by Crippen LogP contribution is -2.15. The van der Waals surface area contributed by atoms with Crippen molar-refractivity contribution < 1.29 is 4.74 Å². The van der Waals surface area contributed by atoms with Crippen LogP contribution < -0.4 is 4.74 Å². The zero-order valence-corrected chi connectivity index (χ0v) is 18.0. The summed E-state index contributed by atoms with van der Waals surface area (Å²) in [6.07, 6.45) is 5.79. The number of hydrogen-bond donors (Lipinski definition) is 0. The van der Waals surface area contributed by atoms with Crippen LogP contribution in [0.1, 0.15) is 35.7 Å². The summed E-state index contributed by atoms with van der Waals surface area (Å²) in [7, 11) is 3.67. The van der Waals surface area contributed by atoms with Gasteiger partial charge < -0.3 is 4.74 Å². The Morgan fingerprint density at radius 1 is 1.06 bits per heavy atom. The molecule has 6 rings (SSSR count). The standard InChI is InChI=1S/C24H23N7O/c1-30-15-18(13-26-30)16-4-3-5-17(12-16)21-14-25-23-28-27-22(31(23)29-21)24(10-11-24)19-6-8-20(32-2)9-7-19/h3-9,12-14,18H,10-11,15H2,1-2H3. The second kappa shape index (κ2) is 7.12. The number of hydrogen-bond acceptors (Lipinski definition) is 7. The van der Waals surface area contributed by atoms with Crippen molar-refractivity contribution in [2.45, 2.75) is 24.2 Å². The third kappa shape index (κ3) is 3.02. The third-order valence-corrected chi connectivity index (χ3v) is 6.47. The van der Waals surface area contributed by atoms with Crippen LogP contribution in [0.25, 0.3) is 17.0 Å². The van der Waals surface area contributed by atoms with E-state index in [1.165, 1.54) is 11.1 Å². The summed E-state index contributed by atoms with van der Waals surface area (Å²) in [5.74, 6) is 2.49. The van der Waals surface area contributed by atoms with Gasteiger partial charge >= 0.3 is 0 Å². The number of rotatable bonds is 5. The maximum atomic E-state index is 5.31. The SMILES string of the molecule is COc1ccc(C2(c3nnc4ncc(-c5cccc(C6C=NN(C)C6)c5)nn34)CC2)cc1. The first-order valence-corrected chi connectivity index (χ1v) is 10.8. The number of nitrogens with zero attached hydrogens (tertiary/aromatic N) is 7. The second-order valence-corrected chi connectivity index (χ2v) is 8.53. The number of likely N-dealkylation sites (N-methyl/N-ethyl adjacent to an activating group) is 1. The summed E-state index contributed by atoms with van der Waals surface area (Å²) in [6, 6.07) is 16.6. The van der Waals surface area contributed by atoms with E-state index in [1.807, 2.05) is 34.9 Å². The molecule has 2 aromatic carbocycles. The summed E-state index contributed by atoms with van der Waals surface area (Å²) in [5.41, 5.74) is 4.07. The molecule has 1 unspecified atom stereocenters. The molecule has 8 heteroatoms. The molecule has 160 valence electrons. The minimum absolute atomic E-state index is 0.175. The fourth-order valence-corrected chi connectivity index (χ4v) is 4.50. The van der Waals surface area contributed by atoms with Crippen LogP contribution in [0, 0.1) is 0 Å². The monoisotopic (exact) mass is 425 g/mol. The highest BCUT2D eigenvalue weighted by Gasteiger charge is 2.50. The molecule has 0 saturated heterocycles. The predicted molar refractivity (Wildman–Crippen MR) is 121 cm³/mol. The van der Waals surface area contributed by atoms with E-state index in [0.717, 1.165) is 42.2 Å². The van der Waals surface area contributed by atoms with E-state index in [0.29, 0.717) is 5.78 Å². The Balaban J connectivity index is 1.39. The number of ether oxygens (including phenoxy) is 1. The van der Waals surface area contributed by atoms with Crippen LogP contribution in [-0.2, 0) is 5.41 Å². The Hall–Kier alpha value is -3.81. The Morgan fingerprint density at radius 3 is 2.62 bits per heavy atom. The van der Waals surface area contributed by atoms with Gasteiger partial charge in [-0.3, -0.25) is 5.01 Å². The molecule has 4 aromatic rings. The van der Waals surface area contributed by atoms with Gasteiger partial charge in [-0.15, -0.1) is 10.2 Å². The highest BCUT2D eigenvalue weighted by Crippen LogP contribution is 2.52. The molecule has 1 aliphatic heterocycles. The van der Waals surface area contributed by atoms with Crippen molar-refractivity contribution in [3.63, 3.8) is 0 Å². The molecule has 2 aromatic heterocycles. The molecular formula is C24H23N7O. The first kappa shape index (κ1) is 18.9. The zero-order valence-electron chi connectivity index (χ0n) is 18.0. The fourth-order valence-electron chi connectivity index (χ4n) is 4.50. The van der Waals surface area contributed by atoms with Crippen LogP contribution in [0.2, 0.25) is 0 Å². The molecule has 0 bridgehead atoms. The van der Waals surface area contributed by atoms with E-state index in [2.05, 4.69) is 56.7 Å². The van der Waals surface area contributed by atoms with Crippen LogP contribution in [0.4, 0.5) is 0 Å². The van der Waals surface area contributed by atoms with Gasteiger partial charge in [-0.25, -0.2) is 4.98 Å². The normalized spacial score (nSPS) is 18.9. The van der Waals surface area contributed by atoms with Crippen LogP contribution in [-0.4, -0.2) is 56.7 Å². The second-order valence-electron chi connectivity index (χ2n) is 8.53. The molecule has 0 amide bonds. The van der Waals surface area contributed by atoms with Crippen LogP contribution >= 0.6 is 0 Å². The average molecular weight is 425 g/mol. The molecule has 0 radical (unpaired) electrons. The van der Waals surface area contributed by atoms with Gasteiger partial charge in [0.2, 0.25) is 0 Å². The van der Waals surface area contributed by atoms with Gasteiger partial charge in [0.25, 0.3) is 5.78 Å². The van der Waals surface area contributed by atoms with E-state index >= 15 is 0 Å². The first-order valence-electron chi connectivity index (χ1n) is 10.8. The predicted octanol–water partition coefficient (Wildman–Crippen LogP) is 3.29. The number of fused-ring (bicyclic) bond motifs is 1. The summed E-state index contributed by atoms with van der Waals surface area (Å²) >= 11 is 0. The topological polar surface area (TPSA) is 80.8 Å². The Labute approximate surface area is 185 Å². The van der Waals surface area contributed by atoms with E-state index < -0.39 is 0 Å². The average Bonchev–Trinajstić information content (AvgIpc) is 3.33. The van der Waals surface area contributed by atoms with Gasteiger partial charge in [0, 0.05) is 31.3 Å². The van der Waals surface area contributed by atoms with Crippen molar-refractivity contribution in [1.82, 2.24) is 29.8 Å². The van der Waals surface area contributed by atoms with E-state index in [9.17, 15) is 0 Å². The molecule has 1 fully saturated rings. The number of methoxy groups -OCH3 is 1. The summed E-state index contributed by atoms with van der Waals surface area (Å²) in [6.45, 7) is 0.883. The first-order chi connectivity index (χ1) is 15.7. The van der Waals surface area contributed by atoms with Crippen molar-refractivity contribution in [2.24, 2.45) is 5.10 Å². The van der Waals surface area contributed by atoms with Crippen LogP contribution in [0.5, 0.6) is 5.75 Å². The Morgan fingerprint density at radius 2 is 1.91 bits per heavy atom. The molecule has 8 nitrogen and oxygen atoms in total. The summed E-state index contributed by atoms with van der Waals surface area (Å²) in [4.78, 5) is 4.55. The van der Waals surface area contributed by atoms with Crippen molar-refractivity contribution in [1.29, 1.82) is 0 Å². The lowest BCUT2D eigenvalue weighted by Gasteiger charge is -2.14. The largest absolute Gasteiger partial charge is 0.497 e. The van der Waals surface area contributed by atoms with Crippen molar-refractivity contribution in [3.8, 4) is 17.0 Å². The minimum atomic E-state index is -0.175. The Kier molecular flexibility index (Phi) is 4.21. The van der Waals surface area contributed by atoms with E-state index in [4.69, 9.17) is 9.84 Å². The fraction of sp³-hybridized carbons (Fsp3) is 0.292. The van der Waals surface area contributed by atoms with Gasteiger partial charge in [0.15, 0.2) is 5.82 Å². The molecule has 1 aliphatic carbocycles. The number of aromatic nitrogens is 5. The maximum Gasteiger partial charge on any atom is 0.271 e. The van der Waals surface area contributed by atoms with E-state index in [-0.39, 0.29) is 11.3 Å². The summed E-state index contributed by atoms with van der Waals surface area (Å²) in [5, 5.41) is 20.0. The highest BCUT2D eigenvalue weighted by atomic mass is 16.5. The molecule has 1 atom stereocenters. The zero-order chi connectivity index (χ0) is 21.7. The number of hydrazone groups is 1. The van der Waals surface area contributed by atoms with E-state index in [1.54, 1.807) is 13.3 Å². The molecule has 0 N–H and O–H groups in total. The van der Waals surface area contributed by atoms with Gasteiger partial charge in [-0.2, -0.15) is 14.7 Å². The highest BCUT2D eigenvalue weighted by molar-refractivity contribution is 5.71. The number of benzene rings is 2. The minimum Gasteiger partial charge on any atom is -0.497 e. The lowest BCUT2D eigenvalue weighted by atomic mass is 9.95. The smallest absolute Gasteiger partial charge is 0.271 e. The molecule has 3 heterocycles. The molecule has 32 heavy (non-hydrogen) atoms. The van der Waals surface area contributed by atoms with Crippen molar-refractivity contribution >= 4 is 12.0 Å². The molecule has 2 aliphatic rings.